The minimum atomic E-state index is -0.742. The summed E-state index contributed by atoms with van der Waals surface area (Å²) in [4.78, 5) is 24.4. The van der Waals surface area contributed by atoms with E-state index in [2.05, 4.69) is 26.8 Å². The number of aryl methyl sites for hydroxylation is 2. The third kappa shape index (κ3) is 4.64. The number of nitrogens with one attached hydrogen (secondary N) is 2. The van der Waals surface area contributed by atoms with Crippen molar-refractivity contribution in [1.29, 1.82) is 0 Å². The average Bonchev–Trinajstić information content (AvgIpc) is 2.65. The maximum Gasteiger partial charge on any atom is 0.279 e. The van der Waals surface area contributed by atoms with E-state index in [1.54, 1.807) is 25.1 Å². The SMILES string of the molecule is CC(Oc1cccc(Br)c1)C(=O)NNC(=O)c1ccc2c(c1)CCCC2. The minimum absolute atomic E-state index is 0.332. The summed E-state index contributed by atoms with van der Waals surface area (Å²) < 4.78 is 6.44. The molecule has 6 heteroatoms. The summed E-state index contributed by atoms with van der Waals surface area (Å²) in [5, 5.41) is 0. The first-order chi connectivity index (χ1) is 12.5. The van der Waals surface area contributed by atoms with Crippen LogP contribution in [0.15, 0.2) is 46.9 Å². The molecule has 0 fully saturated rings. The van der Waals surface area contributed by atoms with E-state index >= 15 is 0 Å². The second-order valence-corrected chi connectivity index (χ2v) is 7.27. The zero-order valence-corrected chi connectivity index (χ0v) is 16.1. The highest BCUT2D eigenvalue weighted by Gasteiger charge is 2.17. The summed E-state index contributed by atoms with van der Waals surface area (Å²) in [6, 6.07) is 12.9. The van der Waals surface area contributed by atoms with Gasteiger partial charge < -0.3 is 4.74 Å². The van der Waals surface area contributed by atoms with Crippen LogP contribution in [0.2, 0.25) is 0 Å². The van der Waals surface area contributed by atoms with Crippen molar-refractivity contribution < 1.29 is 14.3 Å². The van der Waals surface area contributed by atoms with Gasteiger partial charge >= 0.3 is 0 Å². The van der Waals surface area contributed by atoms with Gasteiger partial charge in [-0.25, -0.2) is 0 Å². The Morgan fingerprint density at radius 3 is 2.58 bits per heavy atom. The molecule has 1 unspecified atom stereocenters. The maximum atomic E-state index is 12.3. The van der Waals surface area contributed by atoms with Crippen LogP contribution in [0.1, 0.15) is 41.3 Å². The van der Waals surface area contributed by atoms with Gasteiger partial charge in [-0.2, -0.15) is 0 Å². The van der Waals surface area contributed by atoms with Crippen LogP contribution in [0, 0.1) is 0 Å². The topological polar surface area (TPSA) is 67.4 Å². The molecule has 2 aromatic carbocycles. The molecule has 0 radical (unpaired) electrons. The summed E-state index contributed by atoms with van der Waals surface area (Å²) in [5.74, 6) is -0.180. The van der Waals surface area contributed by atoms with Crippen LogP contribution < -0.4 is 15.6 Å². The highest BCUT2D eigenvalue weighted by molar-refractivity contribution is 9.10. The lowest BCUT2D eigenvalue weighted by atomic mass is 9.90. The second-order valence-electron chi connectivity index (χ2n) is 6.35. The fraction of sp³-hybridized carbons (Fsp3) is 0.300. The minimum Gasteiger partial charge on any atom is -0.481 e. The van der Waals surface area contributed by atoms with Crippen molar-refractivity contribution in [3.63, 3.8) is 0 Å². The van der Waals surface area contributed by atoms with Crippen molar-refractivity contribution in [3.05, 3.63) is 63.6 Å². The lowest BCUT2D eigenvalue weighted by molar-refractivity contribution is -0.128. The first-order valence-electron chi connectivity index (χ1n) is 8.67. The molecule has 2 aromatic rings. The summed E-state index contributed by atoms with van der Waals surface area (Å²) in [6.45, 7) is 1.63. The van der Waals surface area contributed by atoms with Gasteiger partial charge in [0.15, 0.2) is 6.10 Å². The lowest BCUT2D eigenvalue weighted by Gasteiger charge is -2.17. The largest absolute Gasteiger partial charge is 0.481 e. The number of carbonyl (C=O) groups excluding carboxylic acids is 2. The Morgan fingerprint density at radius 1 is 1.04 bits per heavy atom. The smallest absolute Gasteiger partial charge is 0.279 e. The lowest BCUT2D eigenvalue weighted by Crippen LogP contribution is -2.47. The number of benzene rings is 2. The van der Waals surface area contributed by atoms with Gasteiger partial charge in [-0.15, -0.1) is 0 Å². The van der Waals surface area contributed by atoms with Crippen LogP contribution in [0.3, 0.4) is 0 Å². The van der Waals surface area contributed by atoms with Gasteiger partial charge in [0.25, 0.3) is 11.8 Å². The van der Waals surface area contributed by atoms with E-state index in [4.69, 9.17) is 4.74 Å². The molecule has 0 aromatic heterocycles. The van der Waals surface area contributed by atoms with Gasteiger partial charge in [0.2, 0.25) is 0 Å². The third-order valence-electron chi connectivity index (χ3n) is 4.39. The average molecular weight is 417 g/mol. The fourth-order valence-corrected chi connectivity index (χ4v) is 3.34. The van der Waals surface area contributed by atoms with Crippen LogP contribution in [0.4, 0.5) is 0 Å². The predicted molar refractivity (Wildman–Crippen MR) is 103 cm³/mol. The molecule has 0 spiro atoms. The van der Waals surface area contributed by atoms with E-state index in [-0.39, 0.29) is 5.91 Å². The third-order valence-corrected chi connectivity index (χ3v) is 4.88. The summed E-state index contributed by atoms with van der Waals surface area (Å²) in [6.07, 6.45) is 3.68. The number of hydrazine groups is 1. The summed E-state index contributed by atoms with van der Waals surface area (Å²) in [7, 11) is 0. The molecule has 0 saturated heterocycles. The Bertz CT molecular complexity index is 822. The van der Waals surface area contributed by atoms with E-state index in [1.165, 1.54) is 17.5 Å². The molecule has 136 valence electrons. The van der Waals surface area contributed by atoms with E-state index < -0.39 is 12.0 Å². The predicted octanol–water partition coefficient (Wildman–Crippen LogP) is 3.56. The zero-order valence-electron chi connectivity index (χ0n) is 14.5. The Morgan fingerprint density at radius 2 is 1.81 bits per heavy atom. The molecule has 1 aliphatic carbocycles. The van der Waals surface area contributed by atoms with Crippen LogP contribution in [0.25, 0.3) is 0 Å². The van der Waals surface area contributed by atoms with Crippen LogP contribution in [0.5, 0.6) is 5.75 Å². The Balaban J connectivity index is 1.54. The molecule has 0 aliphatic heterocycles. The van der Waals surface area contributed by atoms with Gasteiger partial charge in [-0.1, -0.05) is 28.1 Å². The fourth-order valence-electron chi connectivity index (χ4n) is 2.96. The van der Waals surface area contributed by atoms with Gasteiger partial charge in [-0.3, -0.25) is 20.4 Å². The number of fused-ring (bicyclic) bond motifs is 1. The number of rotatable bonds is 4. The summed E-state index contributed by atoms with van der Waals surface area (Å²) in [5.41, 5.74) is 7.96. The number of ether oxygens (including phenoxy) is 1. The quantitative estimate of drug-likeness (QED) is 0.748. The molecule has 0 heterocycles. The molecule has 0 bridgehead atoms. The highest BCUT2D eigenvalue weighted by Crippen LogP contribution is 2.22. The van der Waals surface area contributed by atoms with Crippen LogP contribution in [-0.2, 0) is 17.6 Å². The van der Waals surface area contributed by atoms with Crippen molar-refractivity contribution in [2.45, 2.75) is 38.7 Å². The van der Waals surface area contributed by atoms with E-state index in [9.17, 15) is 9.59 Å². The van der Waals surface area contributed by atoms with Gasteiger partial charge in [-0.05, 0) is 74.1 Å². The van der Waals surface area contributed by atoms with Crippen LogP contribution >= 0.6 is 15.9 Å². The molecular weight excluding hydrogens is 396 g/mol. The van der Waals surface area contributed by atoms with Crippen molar-refractivity contribution in [2.24, 2.45) is 0 Å². The number of hydrogen-bond donors (Lipinski definition) is 2. The Labute approximate surface area is 161 Å². The number of carbonyl (C=O) groups is 2. The maximum absolute atomic E-state index is 12.3. The Hall–Kier alpha value is -2.34. The number of amides is 2. The normalized spacial score (nSPS) is 14.1. The van der Waals surface area contributed by atoms with Crippen molar-refractivity contribution in [2.75, 3.05) is 0 Å². The zero-order chi connectivity index (χ0) is 18.5. The molecule has 3 rings (SSSR count). The van der Waals surface area contributed by atoms with E-state index in [0.29, 0.717) is 11.3 Å². The number of halogens is 1. The molecule has 26 heavy (non-hydrogen) atoms. The van der Waals surface area contributed by atoms with E-state index in [0.717, 1.165) is 23.7 Å². The Kier molecular flexibility index (Phi) is 5.93. The van der Waals surface area contributed by atoms with Gasteiger partial charge in [0, 0.05) is 10.0 Å². The van der Waals surface area contributed by atoms with Crippen LogP contribution in [-0.4, -0.2) is 17.9 Å². The molecule has 1 atom stereocenters. The van der Waals surface area contributed by atoms with Gasteiger partial charge in [0.05, 0.1) is 0 Å². The summed E-state index contributed by atoms with van der Waals surface area (Å²) >= 11 is 3.35. The van der Waals surface area contributed by atoms with Crippen molar-refractivity contribution in [3.8, 4) is 5.75 Å². The number of hydrogen-bond acceptors (Lipinski definition) is 3. The van der Waals surface area contributed by atoms with Crippen molar-refractivity contribution in [1.82, 2.24) is 10.9 Å². The monoisotopic (exact) mass is 416 g/mol. The van der Waals surface area contributed by atoms with Gasteiger partial charge in [0.1, 0.15) is 5.75 Å². The van der Waals surface area contributed by atoms with E-state index in [1.807, 2.05) is 24.3 Å². The molecular formula is C20H21BrN2O3. The standard InChI is InChI=1S/C20H21BrN2O3/c1-13(26-18-8-4-7-17(21)12-18)19(24)22-23-20(25)16-10-9-14-5-2-3-6-15(14)11-16/h4,7-13H,2-3,5-6H2,1H3,(H,22,24)(H,23,25). The molecule has 2 amide bonds. The first kappa shape index (κ1) is 18.5. The highest BCUT2D eigenvalue weighted by atomic mass is 79.9. The first-order valence-corrected chi connectivity index (χ1v) is 9.46. The molecule has 5 nitrogen and oxygen atoms in total. The second kappa shape index (κ2) is 8.36. The molecule has 2 N–H and O–H groups in total. The molecule has 1 aliphatic rings. The van der Waals surface area contributed by atoms with Crippen molar-refractivity contribution >= 4 is 27.7 Å². The molecule has 0 saturated carbocycles.